The SMILES string of the molecule is COC(C)C1(C)CC(=O)c2cc(C)ccc2O1. The lowest BCUT2D eigenvalue weighted by molar-refractivity contribution is -0.0587. The Hall–Kier alpha value is -1.35. The molecule has 0 saturated carbocycles. The van der Waals surface area contributed by atoms with Crippen molar-refractivity contribution in [3.8, 4) is 5.75 Å². The van der Waals surface area contributed by atoms with E-state index in [0.29, 0.717) is 17.7 Å². The predicted molar refractivity (Wildman–Crippen MR) is 65.6 cm³/mol. The van der Waals surface area contributed by atoms with Gasteiger partial charge in [0.05, 0.1) is 18.1 Å². The maximum Gasteiger partial charge on any atom is 0.170 e. The van der Waals surface area contributed by atoms with Gasteiger partial charge in [-0.15, -0.1) is 0 Å². The van der Waals surface area contributed by atoms with Gasteiger partial charge in [0.2, 0.25) is 0 Å². The number of benzene rings is 1. The standard InChI is InChI=1S/C14H18O3/c1-9-5-6-13-11(7-9)12(15)8-14(3,17-13)10(2)16-4/h5-7,10H,8H2,1-4H3. The van der Waals surface area contributed by atoms with Crippen molar-refractivity contribution in [2.45, 2.75) is 38.9 Å². The van der Waals surface area contributed by atoms with E-state index >= 15 is 0 Å². The molecule has 0 saturated heterocycles. The highest BCUT2D eigenvalue weighted by molar-refractivity contribution is 6.00. The molecule has 0 radical (unpaired) electrons. The van der Waals surface area contributed by atoms with Crippen molar-refractivity contribution in [1.29, 1.82) is 0 Å². The first-order valence-corrected chi connectivity index (χ1v) is 5.82. The summed E-state index contributed by atoms with van der Waals surface area (Å²) in [5.41, 5.74) is 1.18. The third kappa shape index (κ3) is 2.07. The van der Waals surface area contributed by atoms with Crippen LogP contribution in [0.4, 0.5) is 0 Å². The van der Waals surface area contributed by atoms with Gasteiger partial charge in [-0.3, -0.25) is 4.79 Å². The van der Waals surface area contributed by atoms with E-state index in [1.807, 2.05) is 39.0 Å². The summed E-state index contributed by atoms with van der Waals surface area (Å²) >= 11 is 0. The molecule has 3 nitrogen and oxygen atoms in total. The highest BCUT2D eigenvalue weighted by Crippen LogP contribution is 2.36. The molecule has 0 aromatic heterocycles. The molecule has 1 aromatic rings. The quantitative estimate of drug-likeness (QED) is 0.789. The monoisotopic (exact) mass is 234 g/mol. The van der Waals surface area contributed by atoms with E-state index in [4.69, 9.17) is 9.47 Å². The molecule has 0 aliphatic carbocycles. The number of rotatable bonds is 2. The number of carbonyl (C=O) groups excluding carboxylic acids is 1. The van der Waals surface area contributed by atoms with Gasteiger partial charge in [0.25, 0.3) is 0 Å². The van der Waals surface area contributed by atoms with Gasteiger partial charge < -0.3 is 9.47 Å². The van der Waals surface area contributed by atoms with E-state index in [-0.39, 0.29) is 11.9 Å². The Bertz CT molecular complexity index is 453. The number of ether oxygens (including phenoxy) is 2. The van der Waals surface area contributed by atoms with E-state index in [1.165, 1.54) is 0 Å². The molecule has 2 unspecified atom stereocenters. The topological polar surface area (TPSA) is 35.5 Å². The Kier molecular flexibility index (Phi) is 2.96. The second-order valence-electron chi connectivity index (χ2n) is 4.89. The number of ketones is 1. The maximum atomic E-state index is 12.1. The number of carbonyl (C=O) groups is 1. The first-order chi connectivity index (χ1) is 7.96. The summed E-state index contributed by atoms with van der Waals surface area (Å²) in [7, 11) is 1.63. The van der Waals surface area contributed by atoms with Crippen molar-refractivity contribution in [3.63, 3.8) is 0 Å². The molecule has 0 spiro atoms. The number of methoxy groups -OCH3 is 1. The number of Topliss-reactive ketones (excluding diaryl/α,β-unsaturated/α-hetero) is 1. The molecule has 92 valence electrons. The van der Waals surface area contributed by atoms with E-state index in [2.05, 4.69) is 0 Å². The van der Waals surface area contributed by atoms with Crippen LogP contribution in [0.3, 0.4) is 0 Å². The molecule has 17 heavy (non-hydrogen) atoms. The van der Waals surface area contributed by atoms with Crippen LogP contribution < -0.4 is 4.74 Å². The normalized spacial score (nSPS) is 25.1. The third-order valence-corrected chi connectivity index (χ3v) is 3.50. The van der Waals surface area contributed by atoms with Crippen LogP contribution in [-0.2, 0) is 4.74 Å². The molecule has 0 N–H and O–H groups in total. The van der Waals surface area contributed by atoms with E-state index in [9.17, 15) is 4.79 Å². The Labute approximate surface area is 102 Å². The Balaban J connectivity index is 2.40. The fraction of sp³-hybridized carbons (Fsp3) is 0.500. The molecular formula is C14H18O3. The average molecular weight is 234 g/mol. The van der Waals surface area contributed by atoms with Crippen molar-refractivity contribution in [2.24, 2.45) is 0 Å². The maximum absolute atomic E-state index is 12.1. The largest absolute Gasteiger partial charge is 0.484 e. The van der Waals surface area contributed by atoms with Crippen LogP contribution in [0, 0.1) is 6.92 Å². The van der Waals surface area contributed by atoms with Crippen molar-refractivity contribution in [2.75, 3.05) is 7.11 Å². The van der Waals surface area contributed by atoms with E-state index < -0.39 is 5.60 Å². The predicted octanol–water partition coefficient (Wildman–Crippen LogP) is 2.75. The average Bonchev–Trinajstić information content (AvgIpc) is 2.29. The van der Waals surface area contributed by atoms with Gasteiger partial charge in [0.1, 0.15) is 11.4 Å². The minimum Gasteiger partial charge on any atom is -0.484 e. The molecule has 0 fully saturated rings. The molecule has 0 amide bonds. The van der Waals surface area contributed by atoms with Gasteiger partial charge in [-0.1, -0.05) is 11.6 Å². The molecule has 1 aliphatic heterocycles. The highest BCUT2D eigenvalue weighted by atomic mass is 16.5. The number of hydrogen-bond acceptors (Lipinski definition) is 3. The van der Waals surface area contributed by atoms with E-state index in [0.717, 1.165) is 5.56 Å². The Morgan fingerprint density at radius 3 is 2.82 bits per heavy atom. The zero-order chi connectivity index (χ0) is 12.6. The van der Waals surface area contributed by atoms with Crippen LogP contribution >= 0.6 is 0 Å². The van der Waals surface area contributed by atoms with Crippen molar-refractivity contribution < 1.29 is 14.3 Å². The summed E-state index contributed by atoms with van der Waals surface area (Å²) in [5.74, 6) is 0.791. The lowest BCUT2D eigenvalue weighted by atomic mass is 9.87. The second kappa shape index (κ2) is 4.15. The van der Waals surface area contributed by atoms with Crippen LogP contribution in [-0.4, -0.2) is 24.6 Å². The van der Waals surface area contributed by atoms with Gasteiger partial charge in [-0.05, 0) is 32.9 Å². The minimum atomic E-state index is -0.575. The lowest BCUT2D eigenvalue weighted by Gasteiger charge is -2.38. The molecule has 0 bridgehead atoms. The van der Waals surface area contributed by atoms with Gasteiger partial charge in [0.15, 0.2) is 5.78 Å². The van der Waals surface area contributed by atoms with Crippen LogP contribution in [0.5, 0.6) is 5.75 Å². The Morgan fingerprint density at radius 1 is 1.47 bits per heavy atom. The van der Waals surface area contributed by atoms with Crippen molar-refractivity contribution >= 4 is 5.78 Å². The summed E-state index contributed by atoms with van der Waals surface area (Å²) in [4.78, 5) is 12.1. The zero-order valence-corrected chi connectivity index (χ0v) is 10.7. The first-order valence-electron chi connectivity index (χ1n) is 5.82. The lowest BCUT2D eigenvalue weighted by Crippen LogP contribution is -2.48. The molecule has 1 heterocycles. The zero-order valence-electron chi connectivity index (χ0n) is 10.7. The van der Waals surface area contributed by atoms with Gasteiger partial charge in [0, 0.05) is 7.11 Å². The molecule has 3 heteroatoms. The first kappa shape index (κ1) is 12.1. The third-order valence-electron chi connectivity index (χ3n) is 3.50. The number of aryl methyl sites for hydroxylation is 1. The number of fused-ring (bicyclic) bond motifs is 1. The molecule has 2 rings (SSSR count). The highest BCUT2D eigenvalue weighted by Gasteiger charge is 2.41. The molecule has 1 aliphatic rings. The number of hydrogen-bond donors (Lipinski definition) is 0. The fourth-order valence-electron chi connectivity index (χ4n) is 2.13. The van der Waals surface area contributed by atoms with Gasteiger partial charge in [-0.25, -0.2) is 0 Å². The molecular weight excluding hydrogens is 216 g/mol. The minimum absolute atomic E-state index is 0.124. The van der Waals surface area contributed by atoms with E-state index in [1.54, 1.807) is 7.11 Å². The van der Waals surface area contributed by atoms with Crippen molar-refractivity contribution in [3.05, 3.63) is 29.3 Å². The summed E-state index contributed by atoms with van der Waals surface area (Å²) in [5, 5.41) is 0. The fourth-order valence-corrected chi connectivity index (χ4v) is 2.13. The molecule has 1 aromatic carbocycles. The van der Waals surface area contributed by atoms with Crippen LogP contribution in [0.1, 0.15) is 36.2 Å². The smallest absolute Gasteiger partial charge is 0.170 e. The van der Waals surface area contributed by atoms with Crippen LogP contribution in [0.25, 0.3) is 0 Å². The van der Waals surface area contributed by atoms with Gasteiger partial charge in [-0.2, -0.15) is 0 Å². The Morgan fingerprint density at radius 2 is 2.18 bits per heavy atom. The summed E-state index contributed by atoms with van der Waals surface area (Å²) in [6.45, 7) is 5.81. The van der Waals surface area contributed by atoms with Crippen molar-refractivity contribution in [1.82, 2.24) is 0 Å². The summed E-state index contributed by atoms with van der Waals surface area (Å²) in [6, 6.07) is 5.70. The van der Waals surface area contributed by atoms with Gasteiger partial charge >= 0.3 is 0 Å². The van der Waals surface area contributed by atoms with Crippen LogP contribution in [0.15, 0.2) is 18.2 Å². The second-order valence-corrected chi connectivity index (χ2v) is 4.89. The summed E-state index contributed by atoms with van der Waals surface area (Å²) < 4.78 is 11.3. The summed E-state index contributed by atoms with van der Waals surface area (Å²) in [6.07, 6.45) is 0.235. The molecule has 2 atom stereocenters. The van der Waals surface area contributed by atoms with Crippen LogP contribution in [0.2, 0.25) is 0 Å².